The number of aliphatic carboxylic acids is 1. The van der Waals surface area contributed by atoms with Crippen molar-refractivity contribution in [1.82, 2.24) is 9.88 Å². The van der Waals surface area contributed by atoms with Crippen LogP contribution >= 0.6 is 0 Å². The molecule has 8 heteroatoms. The summed E-state index contributed by atoms with van der Waals surface area (Å²) in [5.41, 5.74) is 0.458. The number of amides is 1. The van der Waals surface area contributed by atoms with Gasteiger partial charge in [-0.15, -0.1) is 0 Å². The molecule has 0 saturated carbocycles. The number of carboxylic acids is 1. The maximum atomic E-state index is 12.5. The highest BCUT2D eigenvalue weighted by atomic mass is 16.6. The molecule has 0 radical (unpaired) electrons. The second kappa shape index (κ2) is 7.47. The van der Waals surface area contributed by atoms with Gasteiger partial charge < -0.3 is 19.9 Å². The fourth-order valence-electron chi connectivity index (χ4n) is 2.55. The lowest BCUT2D eigenvalue weighted by molar-refractivity contribution is -0.140. The van der Waals surface area contributed by atoms with Gasteiger partial charge in [0.2, 0.25) is 6.41 Å². The quantitative estimate of drug-likeness (QED) is 0.763. The first-order valence-corrected chi connectivity index (χ1v) is 8.00. The van der Waals surface area contributed by atoms with E-state index in [0.29, 0.717) is 28.6 Å². The standard InChI is InChI=1S/C18H22N2O6/c1-18(2,3)26-17(24)20-9-11(7-14(16(22)23)19-10-21)13-8-12(25-4)5-6-15(13)20/h5-6,8-10,14H,7H2,1-4H3,(H,19,21)(H,22,23). The molecule has 2 aromatic rings. The lowest BCUT2D eigenvalue weighted by atomic mass is 10.1. The molecular formula is C18H22N2O6. The Bertz CT molecular complexity index is 834. The van der Waals surface area contributed by atoms with E-state index in [9.17, 15) is 19.5 Å². The molecular weight excluding hydrogens is 340 g/mol. The van der Waals surface area contributed by atoms with Crippen LogP contribution in [0.5, 0.6) is 5.75 Å². The zero-order chi connectivity index (χ0) is 19.5. The third-order valence-electron chi connectivity index (χ3n) is 3.68. The summed E-state index contributed by atoms with van der Waals surface area (Å²) in [6.45, 7) is 5.28. The minimum atomic E-state index is -1.17. The predicted octanol–water partition coefficient (Wildman–Crippen LogP) is 2.17. The second-order valence-corrected chi connectivity index (χ2v) is 6.77. The monoisotopic (exact) mass is 362 g/mol. The number of ether oxygens (including phenoxy) is 2. The third-order valence-corrected chi connectivity index (χ3v) is 3.68. The topological polar surface area (TPSA) is 107 Å². The van der Waals surface area contributed by atoms with Gasteiger partial charge in [-0.05, 0) is 44.5 Å². The van der Waals surface area contributed by atoms with Crippen LogP contribution in [0.4, 0.5) is 4.79 Å². The second-order valence-electron chi connectivity index (χ2n) is 6.77. The molecule has 1 aromatic carbocycles. The molecule has 0 fully saturated rings. The van der Waals surface area contributed by atoms with E-state index in [4.69, 9.17) is 9.47 Å². The highest BCUT2D eigenvalue weighted by Gasteiger charge is 2.24. The van der Waals surface area contributed by atoms with E-state index in [1.807, 2.05) is 0 Å². The van der Waals surface area contributed by atoms with Crippen LogP contribution in [0.1, 0.15) is 26.3 Å². The zero-order valence-corrected chi connectivity index (χ0v) is 15.1. The van der Waals surface area contributed by atoms with E-state index in [1.54, 1.807) is 39.0 Å². The molecule has 1 aromatic heterocycles. The SMILES string of the molecule is COc1ccc2c(c1)c(CC(NC=O)C(=O)O)cn2C(=O)OC(C)(C)C. The van der Waals surface area contributed by atoms with Gasteiger partial charge in [0.1, 0.15) is 17.4 Å². The molecule has 1 unspecified atom stereocenters. The van der Waals surface area contributed by atoms with Crippen molar-refractivity contribution in [2.75, 3.05) is 7.11 Å². The number of carboxylic acid groups (broad SMARTS) is 1. The fraction of sp³-hybridized carbons (Fsp3) is 0.389. The van der Waals surface area contributed by atoms with Gasteiger partial charge in [0.05, 0.1) is 12.6 Å². The molecule has 0 aliphatic rings. The summed E-state index contributed by atoms with van der Waals surface area (Å²) in [6.07, 6.45) is 1.30. The molecule has 1 amide bonds. The number of carbonyl (C=O) groups excluding carboxylic acids is 2. The van der Waals surface area contributed by atoms with Crippen molar-refractivity contribution in [3.63, 3.8) is 0 Å². The van der Waals surface area contributed by atoms with E-state index in [-0.39, 0.29) is 6.42 Å². The first-order valence-electron chi connectivity index (χ1n) is 8.00. The van der Waals surface area contributed by atoms with Crippen LogP contribution in [0.25, 0.3) is 10.9 Å². The minimum absolute atomic E-state index is 0.00748. The first kappa shape index (κ1) is 19.3. The Hall–Kier alpha value is -3.03. The number of methoxy groups -OCH3 is 1. The average molecular weight is 362 g/mol. The normalized spacial score (nSPS) is 12.5. The van der Waals surface area contributed by atoms with Gasteiger partial charge >= 0.3 is 12.1 Å². The molecule has 0 saturated heterocycles. The first-order chi connectivity index (χ1) is 12.2. The van der Waals surface area contributed by atoms with Gasteiger partial charge in [-0.25, -0.2) is 9.59 Å². The number of rotatable bonds is 6. The predicted molar refractivity (Wildman–Crippen MR) is 94.4 cm³/mol. The van der Waals surface area contributed by atoms with Crippen molar-refractivity contribution in [2.45, 2.75) is 38.8 Å². The molecule has 0 bridgehead atoms. The molecule has 8 nitrogen and oxygen atoms in total. The van der Waals surface area contributed by atoms with E-state index in [2.05, 4.69) is 5.32 Å². The minimum Gasteiger partial charge on any atom is -0.497 e. The molecule has 1 heterocycles. The fourth-order valence-corrected chi connectivity index (χ4v) is 2.55. The molecule has 0 aliphatic heterocycles. The van der Waals surface area contributed by atoms with Gasteiger partial charge in [0.25, 0.3) is 0 Å². The number of nitrogens with one attached hydrogen (secondary N) is 1. The van der Waals surface area contributed by atoms with Crippen molar-refractivity contribution in [3.8, 4) is 5.75 Å². The van der Waals surface area contributed by atoms with E-state index in [1.165, 1.54) is 17.9 Å². The smallest absolute Gasteiger partial charge is 0.419 e. The van der Waals surface area contributed by atoms with Crippen molar-refractivity contribution in [3.05, 3.63) is 30.0 Å². The Labute approximate surface area is 150 Å². The van der Waals surface area contributed by atoms with Crippen molar-refractivity contribution >= 4 is 29.4 Å². The summed E-state index contributed by atoms with van der Waals surface area (Å²) in [6, 6.07) is 4.00. The van der Waals surface area contributed by atoms with Crippen LogP contribution in [0, 0.1) is 0 Å². The van der Waals surface area contributed by atoms with Crippen molar-refractivity contribution in [2.24, 2.45) is 0 Å². The van der Waals surface area contributed by atoms with Gasteiger partial charge in [0.15, 0.2) is 0 Å². The zero-order valence-electron chi connectivity index (χ0n) is 15.1. The lowest BCUT2D eigenvalue weighted by Gasteiger charge is -2.19. The Morgan fingerprint density at radius 1 is 1.35 bits per heavy atom. The van der Waals surface area contributed by atoms with Crippen molar-refractivity contribution in [1.29, 1.82) is 0 Å². The molecule has 2 rings (SSSR count). The maximum Gasteiger partial charge on any atom is 0.419 e. The van der Waals surface area contributed by atoms with E-state index in [0.717, 1.165) is 0 Å². The van der Waals surface area contributed by atoms with Crippen LogP contribution in [0.2, 0.25) is 0 Å². The Morgan fingerprint density at radius 3 is 2.58 bits per heavy atom. The van der Waals surface area contributed by atoms with Gasteiger partial charge in [-0.2, -0.15) is 0 Å². The molecule has 0 aliphatic carbocycles. The highest BCUT2D eigenvalue weighted by molar-refractivity contribution is 5.93. The van der Waals surface area contributed by atoms with Gasteiger partial charge in [-0.3, -0.25) is 9.36 Å². The Morgan fingerprint density at radius 2 is 2.04 bits per heavy atom. The average Bonchev–Trinajstić information content (AvgIpc) is 2.90. The van der Waals surface area contributed by atoms with Crippen molar-refractivity contribution < 1.29 is 29.0 Å². The van der Waals surface area contributed by atoms with Crippen LogP contribution in [-0.4, -0.2) is 46.9 Å². The maximum absolute atomic E-state index is 12.5. The third kappa shape index (κ3) is 4.33. The largest absolute Gasteiger partial charge is 0.497 e. The number of hydrogen-bond acceptors (Lipinski definition) is 5. The van der Waals surface area contributed by atoms with Crippen LogP contribution in [0.3, 0.4) is 0 Å². The van der Waals surface area contributed by atoms with Crippen LogP contribution < -0.4 is 10.1 Å². The number of carbonyl (C=O) groups is 3. The Kier molecular flexibility index (Phi) is 5.54. The summed E-state index contributed by atoms with van der Waals surface area (Å²) in [5.74, 6) is -0.603. The number of hydrogen-bond donors (Lipinski definition) is 2. The lowest BCUT2D eigenvalue weighted by Crippen LogP contribution is -2.37. The molecule has 26 heavy (non-hydrogen) atoms. The molecule has 2 N–H and O–H groups in total. The number of benzene rings is 1. The summed E-state index contributed by atoms with van der Waals surface area (Å²) in [5, 5.41) is 12.2. The summed E-state index contributed by atoms with van der Waals surface area (Å²) < 4.78 is 11.9. The number of aromatic nitrogens is 1. The molecule has 1 atom stereocenters. The van der Waals surface area contributed by atoms with Crippen LogP contribution in [-0.2, 0) is 20.7 Å². The number of nitrogens with zero attached hydrogens (tertiary/aromatic N) is 1. The molecule has 140 valence electrons. The van der Waals surface area contributed by atoms with Gasteiger partial charge in [-0.1, -0.05) is 0 Å². The van der Waals surface area contributed by atoms with E-state index < -0.39 is 23.7 Å². The van der Waals surface area contributed by atoms with Crippen LogP contribution in [0.15, 0.2) is 24.4 Å². The Balaban J connectivity index is 2.53. The summed E-state index contributed by atoms with van der Waals surface area (Å²) in [4.78, 5) is 34.5. The molecule has 0 spiro atoms. The van der Waals surface area contributed by atoms with Gasteiger partial charge in [0, 0.05) is 18.0 Å². The van der Waals surface area contributed by atoms with E-state index >= 15 is 0 Å². The highest BCUT2D eigenvalue weighted by Crippen LogP contribution is 2.28. The summed E-state index contributed by atoms with van der Waals surface area (Å²) >= 11 is 0. The summed E-state index contributed by atoms with van der Waals surface area (Å²) in [7, 11) is 1.51. The number of fused-ring (bicyclic) bond motifs is 1.